The number of carbonyl (C=O) groups excluding carboxylic acids is 4. The zero-order valence-electron chi connectivity index (χ0n) is 24.7. The lowest BCUT2D eigenvalue weighted by Gasteiger charge is -2.18. The Hall–Kier alpha value is -2.94. The molecule has 1 atom stereocenters. The number of rotatable bonds is 18. The van der Waals surface area contributed by atoms with E-state index < -0.39 is 23.9 Å². The van der Waals surface area contributed by atoms with E-state index in [0.29, 0.717) is 42.6 Å². The van der Waals surface area contributed by atoms with Crippen LogP contribution in [-0.4, -0.2) is 50.2 Å². The first-order chi connectivity index (χ1) is 18.4. The second kappa shape index (κ2) is 18.4. The van der Waals surface area contributed by atoms with Crippen molar-refractivity contribution in [1.29, 1.82) is 0 Å². The van der Waals surface area contributed by atoms with Crippen LogP contribution in [0, 0.1) is 17.8 Å². The minimum absolute atomic E-state index is 0.119. The molecular formula is C30H47NO8. The first kappa shape index (κ1) is 34.1. The minimum atomic E-state index is -0.728. The van der Waals surface area contributed by atoms with Gasteiger partial charge in [0, 0.05) is 25.8 Å². The molecule has 0 aliphatic rings. The van der Waals surface area contributed by atoms with Crippen LogP contribution in [-0.2, 0) is 35.1 Å². The molecule has 0 fully saturated rings. The van der Waals surface area contributed by atoms with Gasteiger partial charge in [0.15, 0.2) is 11.5 Å². The number of benzene rings is 1. The average molecular weight is 550 g/mol. The maximum Gasteiger partial charge on any atom is 0.323 e. The Kier molecular flexibility index (Phi) is 16.1. The van der Waals surface area contributed by atoms with Crippen LogP contribution in [0.1, 0.15) is 85.6 Å². The maximum absolute atomic E-state index is 12.5. The van der Waals surface area contributed by atoms with Gasteiger partial charge in [-0.05, 0) is 61.1 Å². The largest absolute Gasteiger partial charge is 0.468 e. The van der Waals surface area contributed by atoms with Gasteiger partial charge in [-0.1, -0.05) is 47.6 Å². The van der Waals surface area contributed by atoms with Gasteiger partial charge < -0.3 is 24.3 Å². The molecule has 39 heavy (non-hydrogen) atoms. The molecule has 220 valence electrons. The normalized spacial score (nSPS) is 11.9. The number of hydrogen-bond acceptors (Lipinski definition) is 9. The fourth-order valence-electron chi connectivity index (χ4n) is 3.50. The maximum atomic E-state index is 12.5. The fraction of sp³-hybridized carbons (Fsp3) is 0.667. The Labute approximate surface area is 233 Å². The Morgan fingerprint density at radius 3 is 1.77 bits per heavy atom. The van der Waals surface area contributed by atoms with E-state index in [1.54, 1.807) is 18.2 Å². The number of ether oxygens (including phenoxy) is 4. The van der Waals surface area contributed by atoms with Crippen molar-refractivity contribution >= 4 is 23.9 Å². The van der Waals surface area contributed by atoms with E-state index in [1.807, 2.05) is 41.5 Å². The highest BCUT2D eigenvalue weighted by atomic mass is 16.6. The molecule has 0 bridgehead atoms. The molecule has 0 heterocycles. The Morgan fingerprint density at radius 2 is 1.26 bits per heavy atom. The lowest BCUT2D eigenvalue weighted by Crippen LogP contribution is -2.41. The lowest BCUT2D eigenvalue weighted by molar-refractivity contribution is -0.144. The number of nitrogens with one attached hydrogen (secondary N) is 1. The van der Waals surface area contributed by atoms with Gasteiger partial charge >= 0.3 is 23.9 Å². The summed E-state index contributed by atoms with van der Waals surface area (Å²) in [5, 5.41) is 3.06. The SMILES string of the molecule is COC(=O)[C@H](Cc1ccc(OC(=O)CCC(C)C)c(OC(=O)CCC(C)C)c1)NCCOC(=O)CCC(C)C. The molecule has 9 heteroatoms. The molecule has 0 radical (unpaired) electrons. The van der Waals surface area contributed by atoms with Crippen molar-refractivity contribution < 1.29 is 38.1 Å². The van der Waals surface area contributed by atoms with Gasteiger partial charge in [-0.2, -0.15) is 0 Å². The van der Waals surface area contributed by atoms with Crippen LogP contribution in [0.25, 0.3) is 0 Å². The number of hydrogen-bond donors (Lipinski definition) is 1. The minimum Gasteiger partial charge on any atom is -0.468 e. The first-order valence-electron chi connectivity index (χ1n) is 13.9. The molecule has 0 unspecified atom stereocenters. The highest BCUT2D eigenvalue weighted by Gasteiger charge is 2.22. The van der Waals surface area contributed by atoms with Gasteiger partial charge in [0.25, 0.3) is 0 Å². The molecule has 0 aromatic heterocycles. The van der Waals surface area contributed by atoms with Gasteiger partial charge in [-0.25, -0.2) is 0 Å². The summed E-state index contributed by atoms with van der Waals surface area (Å²) in [6.45, 7) is 12.5. The summed E-state index contributed by atoms with van der Waals surface area (Å²) in [5.74, 6) is -0.228. The van der Waals surface area contributed by atoms with Gasteiger partial charge in [-0.15, -0.1) is 0 Å². The summed E-state index contributed by atoms with van der Waals surface area (Å²) in [4.78, 5) is 49.1. The van der Waals surface area contributed by atoms with Crippen LogP contribution in [0.3, 0.4) is 0 Å². The van der Waals surface area contributed by atoms with Crippen LogP contribution in [0.4, 0.5) is 0 Å². The summed E-state index contributed by atoms with van der Waals surface area (Å²) in [7, 11) is 1.30. The molecule has 1 aromatic carbocycles. The van der Waals surface area contributed by atoms with Crippen molar-refractivity contribution in [3.05, 3.63) is 23.8 Å². The molecule has 1 N–H and O–H groups in total. The zero-order valence-corrected chi connectivity index (χ0v) is 24.7. The summed E-state index contributed by atoms with van der Waals surface area (Å²) < 4.78 is 21.3. The van der Waals surface area contributed by atoms with E-state index in [-0.39, 0.29) is 49.9 Å². The van der Waals surface area contributed by atoms with E-state index in [0.717, 1.165) is 6.42 Å². The molecule has 0 aliphatic heterocycles. The fourth-order valence-corrected chi connectivity index (χ4v) is 3.50. The van der Waals surface area contributed by atoms with Crippen molar-refractivity contribution in [3.8, 4) is 11.5 Å². The summed E-state index contributed by atoms with van der Waals surface area (Å²) in [6.07, 6.45) is 3.14. The zero-order chi connectivity index (χ0) is 29.4. The quantitative estimate of drug-likeness (QED) is 0.153. The van der Waals surface area contributed by atoms with Gasteiger partial charge in [0.2, 0.25) is 0 Å². The summed E-state index contributed by atoms with van der Waals surface area (Å²) in [5.41, 5.74) is 0.667. The lowest BCUT2D eigenvalue weighted by atomic mass is 10.0. The molecule has 1 rings (SSSR count). The Morgan fingerprint density at radius 1 is 0.744 bits per heavy atom. The molecule has 0 saturated heterocycles. The molecule has 0 saturated carbocycles. The van der Waals surface area contributed by atoms with Crippen LogP contribution in [0.2, 0.25) is 0 Å². The van der Waals surface area contributed by atoms with Crippen LogP contribution < -0.4 is 14.8 Å². The van der Waals surface area contributed by atoms with E-state index in [9.17, 15) is 19.2 Å². The van der Waals surface area contributed by atoms with E-state index >= 15 is 0 Å². The second-order valence-electron chi connectivity index (χ2n) is 11.0. The molecule has 0 aliphatic carbocycles. The highest BCUT2D eigenvalue weighted by molar-refractivity contribution is 5.77. The summed E-state index contributed by atoms with van der Waals surface area (Å²) >= 11 is 0. The van der Waals surface area contributed by atoms with Crippen LogP contribution in [0.5, 0.6) is 11.5 Å². The van der Waals surface area contributed by atoms with Gasteiger partial charge in [0.05, 0.1) is 7.11 Å². The van der Waals surface area contributed by atoms with E-state index in [2.05, 4.69) is 5.32 Å². The second-order valence-corrected chi connectivity index (χ2v) is 11.0. The Bertz CT molecular complexity index is 926. The molecule has 9 nitrogen and oxygen atoms in total. The van der Waals surface area contributed by atoms with Gasteiger partial charge in [-0.3, -0.25) is 19.2 Å². The molecule has 0 amide bonds. The Balaban J connectivity index is 2.94. The standard InChI is InChI=1S/C30H47NO8/c1-20(2)8-13-27(32)37-17-16-31-24(30(35)36-7)18-23-11-12-25(38-28(33)14-9-21(3)4)26(19-23)39-29(34)15-10-22(5)6/h11-12,19-22,24,31H,8-10,13-18H2,1-7H3/t24-/m0/s1. The van der Waals surface area contributed by atoms with Crippen LogP contribution in [0.15, 0.2) is 18.2 Å². The molecule has 1 aromatic rings. The van der Waals surface area contributed by atoms with Crippen molar-refractivity contribution in [3.63, 3.8) is 0 Å². The smallest absolute Gasteiger partial charge is 0.323 e. The average Bonchev–Trinajstić information content (AvgIpc) is 2.87. The number of carbonyl (C=O) groups is 4. The third kappa shape index (κ3) is 15.3. The third-order valence-electron chi connectivity index (χ3n) is 5.91. The predicted octanol–water partition coefficient (Wildman–Crippen LogP) is 5.02. The van der Waals surface area contributed by atoms with Crippen molar-refractivity contribution in [1.82, 2.24) is 5.32 Å². The third-order valence-corrected chi connectivity index (χ3v) is 5.91. The van der Waals surface area contributed by atoms with Crippen molar-refractivity contribution in [2.75, 3.05) is 20.3 Å². The predicted molar refractivity (Wildman–Crippen MR) is 148 cm³/mol. The topological polar surface area (TPSA) is 117 Å². The highest BCUT2D eigenvalue weighted by Crippen LogP contribution is 2.30. The first-order valence-corrected chi connectivity index (χ1v) is 13.9. The number of methoxy groups -OCH3 is 1. The monoisotopic (exact) mass is 549 g/mol. The van der Waals surface area contributed by atoms with E-state index in [4.69, 9.17) is 18.9 Å². The summed E-state index contributed by atoms with van der Waals surface area (Å²) in [6, 6.07) is 4.15. The number of esters is 4. The van der Waals surface area contributed by atoms with Crippen LogP contribution >= 0.6 is 0 Å². The molecule has 0 spiro atoms. The molecular weight excluding hydrogens is 502 g/mol. The van der Waals surface area contributed by atoms with Crippen molar-refractivity contribution in [2.45, 2.75) is 92.5 Å². The van der Waals surface area contributed by atoms with Gasteiger partial charge in [0.1, 0.15) is 12.6 Å². The van der Waals surface area contributed by atoms with E-state index in [1.165, 1.54) is 7.11 Å². The van der Waals surface area contributed by atoms with Crippen molar-refractivity contribution in [2.24, 2.45) is 17.8 Å².